The molecule has 0 aliphatic carbocycles. The van der Waals surface area contributed by atoms with Gasteiger partial charge in [-0.05, 0) is 31.9 Å². The van der Waals surface area contributed by atoms with Gasteiger partial charge in [0.15, 0.2) is 0 Å². The van der Waals surface area contributed by atoms with Gasteiger partial charge < -0.3 is 19.6 Å². The van der Waals surface area contributed by atoms with Gasteiger partial charge in [-0.3, -0.25) is 4.90 Å². The predicted molar refractivity (Wildman–Crippen MR) is 90.7 cm³/mol. The zero-order valence-corrected chi connectivity index (χ0v) is 14.6. The van der Waals surface area contributed by atoms with Crippen molar-refractivity contribution in [1.82, 2.24) is 10.2 Å². The molecule has 6 nitrogen and oxygen atoms in total. The average molecular weight is 334 g/mol. The van der Waals surface area contributed by atoms with E-state index in [1.807, 2.05) is 24.3 Å². The lowest BCUT2D eigenvalue weighted by atomic mass is 10.1. The Hall–Kier alpha value is -1.92. The van der Waals surface area contributed by atoms with Crippen LogP contribution in [0.4, 0.5) is 4.79 Å². The number of ether oxygens (including phenoxy) is 2. The molecule has 0 bridgehead atoms. The van der Waals surface area contributed by atoms with Crippen LogP contribution in [0.25, 0.3) is 0 Å². The van der Waals surface area contributed by atoms with Crippen LogP contribution in [-0.2, 0) is 20.8 Å². The maximum Gasteiger partial charge on any atom is 0.408 e. The van der Waals surface area contributed by atoms with E-state index in [2.05, 4.69) is 10.2 Å². The summed E-state index contributed by atoms with van der Waals surface area (Å²) in [6.45, 7) is 9.59. The van der Waals surface area contributed by atoms with Crippen LogP contribution in [0.1, 0.15) is 37.9 Å². The van der Waals surface area contributed by atoms with E-state index in [0.717, 1.165) is 38.4 Å². The fourth-order valence-corrected chi connectivity index (χ4v) is 2.48. The number of nitrogens with zero attached hydrogens (tertiary/aromatic N) is 1. The van der Waals surface area contributed by atoms with E-state index in [1.165, 1.54) is 5.56 Å². The molecule has 1 aliphatic rings. The number of morpholine rings is 1. The first-order chi connectivity index (χ1) is 11.4. The highest BCUT2D eigenvalue weighted by molar-refractivity contribution is 5.74. The van der Waals surface area contributed by atoms with Gasteiger partial charge in [0.05, 0.1) is 13.2 Å². The van der Waals surface area contributed by atoms with Crippen molar-refractivity contribution in [3.05, 3.63) is 35.4 Å². The normalized spacial score (nSPS) is 17.1. The monoisotopic (exact) mass is 334 g/mol. The standard InChI is InChI=1S/C18H26N2O4/c1-18(2,3)24-17(22)19-16(13-21)15-6-4-14(5-7-15)12-20-8-10-23-11-9-20/h4-7,13,16H,8-12H2,1-3H3,(H,19,22). The van der Waals surface area contributed by atoms with Crippen LogP contribution in [-0.4, -0.2) is 49.2 Å². The molecule has 1 saturated heterocycles. The molecule has 6 heteroatoms. The summed E-state index contributed by atoms with van der Waals surface area (Å²) in [4.78, 5) is 25.5. The lowest BCUT2D eigenvalue weighted by molar-refractivity contribution is -0.109. The van der Waals surface area contributed by atoms with Crippen molar-refractivity contribution < 1.29 is 19.1 Å². The Kier molecular flexibility index (Phi) is 6.34. The molecule has 1 atom stereocenters. The quantitative estimate of drug-likeness (QED) is 0.837. The number of amides is 1. The fraction of sp³-hybridized carbons (Fsp3) is 0.556. The van der Waals surface area contributed by atoms with E-state index in [4.69, 9.17) is 9.47 Å². The SMILES string of the molecule is CC(C)(C)OC(=O)NC(C=O)c1ccc(CN2CCOCC2)cc1. The summed E-state index contributed by atoms with van der Waals surface area (Å²) < 4.78 is 10.5. The molecule has 1 unspecified atom stereocenters. The molecule has 0 saturated carbocycles. The second-order valence-electron chi connectivity index (χ2n) is 6.89. The molecule has 0 spiro atoms. The van der Waals surface area contributed by atoms with Gasteiger partial charge in [-0.25, -0.2) is 4.79 Å². The van der Waals surface area contributed by atoms with Gasteiger partial charge in [-0.2, -0.15) is 0 Å². The minimum atomic E-state index is -0.711. The molecular weight excluding hydrogens is 308 g/mol. The van der Waals surface area contributed by atoms with E-state index in [0.29, 0.717) is 6.29 Å². The summed E-state index contributed by atoms with van der Waals surface area (Å²) in [6.07, 6.45) is 0.109. The van der Waals surface area contributed by atoms with E-state index in [1.54, 1.807) is 20.8 Å². The highest BCUT2D eigenvalue weighted by atomic mass is 16.6. The van der Waals surface area contributed by atoms with E-state index in [9.17, 15) is 9.59 Å². The van der Waals surface area contributed by atoms with Crippen molar-refractivity contribution in [3.8, 4) is 0 Å². The molecule has 132 valence electrons. The van der Waals surface area contributed by atoms with Crippen molar-refractivity contribution in [2.24, 2.45) is 0 Å². The number of aldehydes is 1. The number of hydrogen-bond donors (Lipinski definition) is 1. The third-order valence-corrected chi connectivity index (χ3v) is 3.66. The third kappa shape index (κ3) is 5.94. The second kappa shape index (κ2) is 8.26. The smallest absolute Gasteiger partial charge is 0.408 e. The van der Waals surface area contributed by atoms with Gasteiger partial charge in [0, 0.05) is 19.6 Å². The topological polar surface area (TPSA) is 67.9 Å². The summed E-state index contributed by atoms with van der Waals surface area (Å²) in [5.74, 6) is 0. The summed E-state index contributed by atoms with van der Waals surface area (Å²) in [5.41, 5.74) is 1.31. The molecule has 0 aromatic heterocycles. The molecular formula is C18H26N2O4. The molecule has 1 heterocycles. The number of alkyl carbamates (subject to hydrolysis) is 1. The van der Waals surface area contributed by atoms with Gasteiger partial charge in [-0.15, -0.1) is 0 Å². The summed E-state index contributed by atoms with van der Waals surface area (Å²) in [7, 11) is 0. The Morgan fingerprint density at radius 2 is 1.92 bits per heavy atom. The lowest BCUT2D eigenvalue weighted by Gasteiger charge is -2.26. The minimum absolute atomic E-state index is 0.598. The molecule has 1 aromatic rings. The molecule has 1 aromatic carbocycles. The van der Waals surface area contributed by atoms with Gasteiger partial charge in [-0.1, -0.05) is 24.3 Å². The van der Waals surface area contributed by atoms with Crippen molar-refractivity contribution in [2.75, 3.05) is 26.3 Å². The Bertz CT molecular complexity index is 545. The predicted octanol–water partition coefficient (Wildman–Crippen LogP) is 2.28. The van der Waals surface area contributed by atoms with Crippen LogP contribution < -0.4 is 5.32 Å². The Balaban J connectivity index is 1.94. The average Bonchev–Trinajstić information content (AvgIpc) is 2.53. The van der Waals surface area contributed by atoms with Crippen LogP contribution in [0, 0.1) is 0 Å². The number of benzene rings is 1. The first kappa shape index (κ1) is 18.4. The minimum Gasteiger partial charge on any atom is -0.444 e. The molecule has 1 aliphatic heterocycles. The molecule has 1 N–H and O–H groups in total. The fourth-order valence-electron chi connectivity index (χ4n) is 2.48. The van der Waals surface area contributed by atoms with Crippen LogP contribution in [0.15, 0.2) is 24.3 Å². The highest BCUT2D eigenvalue weighted by Crippen LogP contribution is 2.15. The molecule has 1 amide bonds. The van der Waals surface area contributed by atoms with E-state index >= 15 is 0 Å². The van der Waals surface area contributed by atoms with Gasteiger partial charge in [0.1, 0.15) is 17.9 Å². The lowest BCUT2D eigenvalue weighted by Crippen LogP contribution is -2.36. The number of nitrogens with one attached hydrogen (secondary N) is 1. The largest absolute Gasteiger partial charge is 0.444 e. The first-order valence-electron chi connectivity index (χ1n) is 8.21. The van der Waals surface area contributed by atoms with E-state index < -0.39 is 17.7 Å². The van der Waals surface area contributed by atoms with Crippen molar-refractivity contribution in [1.29, 1.82) is 0 Å². The maximum absolute atomic E-state index is 11.8. The van der Waals surface area contributed by atoms with E-state index in [-0.39, 0.29) is 0 Å². The van der Waals surface area contributed by atoms with Crippen molar-refractivity contribution >= 4 is 12.4 Å². The summed E-state index contributed by atoms with van der Waals surface area (Å²) >= 11 is 0. The summed E-state index contributed by atoms with van der Waals surface area (Å²) in [5, 5.41) is 2.58. The molecule has 24 heavy (non-hydrogen) atoms. The Morgan fingerprint density at radius 3 is 2.46 bits per heavy atom. The molecule has 1 fully saturated rings. The number of hydrogen-bond acceptors (Lipinski definition) is 5. The third-order valence-electron chi connectivity index (χ3n) is 3.66. The van der Waals surface area contributed by atoms with Gasteiger partial charge in [0.25, 0.3) is 0 Å². The maximum atomic E-state index is 11.8. The number of carbonyl (C=O) groups is 2. The van der Waals surface area contributed by atoms with Crippen LogP contribution in [0.2, 0.25) is 0 Å². The molecule has 2 rings (SSSR count). The van der Waals surface area contributed by atoms with Crippen LogP contribution >= 0.6 is 0 Å². The van der Waals surface area contributed by atoms with Crippen LogP contribution in [0.5, 0.6) is 0 Å². The number of rotatable bonds is 5. The van der Waals surface area contributed by atoms with Gasteiger partial charge in [0.2, 0.25) is 0 Å². The van der Waals surface area contributed by atoms with Gasteiger partial charge >= 0.3 is 6.09 Å². The van der Waals surface area contributed by atoms with Crippen molar-refractivity contribution in [3.63, 3.8) is 0 Å². The molecule has 0 radical (unpaired) electrons. The van der Waals surface area contributed by atoms with Crippen LogP contribution in [0.3, 0.4) is 0 Å². The second-order valence-corrected chi connectivity index (χ2v) is 6.89. The summed E-state index contributed by atoms with van der Waals surface area (Å²) in [6, 6.07) is 6.99. The Labute approximate surface area is 143 Å². The zero-order valence-electron chi connectivity index (χ0n) is 14.6. The first-order valence-corrected chi connectivity index (χ1v) is 8.21. The van der Waals surface area contributed by atoms with Crippen molar-refractivity contribution in [2.45, 2.75) is 39.0 Å². The Morgan fingerprint density at radius 1 is 1.29 bits per heavy atom. The highest BCUT2D eigenvalue weighted by Gasteiger charge is 2.20. The zero-order chi connectivity index (χ0) is 17.6. The number of carbonyl (C=O) groups excluding carboxylic acids is 2.